The third kappa shape index (κ3) is 3.07. The van der Waals surface area contributed by atoms with Gasteiger partial charge in [-0.3, -0.25) is 4.90 Å². The van der Waals surface area contributed by atoms with Crippen LogP contribution in [0.1, 0.15) is 17.5 Å². The van der Waals surface area contributed by atoms with Crippen LogP contribution in [0.4, 0.5) is 4.39 Å². The molecule has 7 heteroatoms. The summed E-state index contributed by atoms with van der Waals surface area (Å²) in [6.45, 7) is 2.49. The van der Waals surface area contributed by atoms with E-state index in [1.165, 1.54) is 0 Å². The van der Waals surface area contributed by atoms with Crippen LogP contribution in [0.3, 0.4) is 0 Å². The first-order valence-electron chi connectivity index (χ1n) is 6.76. The van der Waals surface area contributed by atoms with E-state index in [0.29, 0.717) is 25.3 Å². The van der Waals surface area contributed by atoms with E-state index >= 15 is 0 Å². The number of morpholine rings is 1. The molecule has 2 heterocycles. The molecule has 3 rings (SSSR count). The van der Waals surface area contributed by atoms with Gasteiger partial charge in [0.25, 0.3) is 0 Å². The van der Waals surface area contributed by atoms with Crippen molar-refractivity contribution in [3.8, 4) is 0 Å². The van der Waals surface area contributed by atoms with Crippen LogP contribution in [-0.4, -0.2) is 39.4 Å². The monoisotopic (exact) mass is 310 g/mol. The number of benzene rings is 1. The van der Waals surface area contributed by atoms with Crippen molar-refractivity contribution in [2.75, 3.05) is 19.7 Å². The Morgan fingerprint density at radius 3 is 3.10 bits per heavy atom. The van der Waals surface area contributed by atoms with E-state index in [1.54, 1.807) is 24.5 Å². The van der Waals surface area contributed by atoms with Gasteiger partial charge >= 0.3 is 0 Å². The number of ether oxygens (including phenoxy) is 1. The lowest BCUT2D eigenvalue weighted by atomic mass is 10.1. The summed E-state index contributed by atoms with van der Waals surface area (Å²) in [7, 11) is 1.88. The minimum absolute atomic E-state index is 0.145. The fourth-order valence-corrected chi connectivity index (χ4v) is 2.69. The Morgan fingerprint density at radius 2 is 2.33 bits per heavy atom. The molecule has 5 nitrogen and oxygen atoms in total. The molecule has 0 N–H and O–H groups in total. The van der Waals surface area contributed by atoms with E-state index < -0.39 is 0 Å². The number of nitrogens with zero attached hydrogens (tertiary/aromatic N) is 4. The second kappa shape index (κ2) is 6.09. The lowest BCUT2D eigenvalue weighted by Gasteiger charge is -2.32. The van der Waals surface area contributed by atoms with Crippen molar-refractivity contribution in [3.63, 3.8) is 0 Å². The first-order valence-corrected chi connectivity index (χ1v) is 7.13. The highest BCUT2D eigenvalue weighted by Gasteiger charge is 2.26. The average molecular weight is 311 g/mol. The van der Waals surface area contributed by atoms with Gasteiger partial charge in [0.05, 0.1) is 11.6 Å². The summed E-state index contributed by atoms with van der Waals surface area (Å²) in [5.41, 5.74) is 0.598. The van der Waals surface area contributed by atoms with Crippen molar-refractivity contribution in [1.82, 2.24) is 19.7 Å². The molecule has 0 amide bonds. The summed E-state index contributed by atoms with van der Waals surface area (Å²) in [5.74, 6) is 0.437. The van der Waals surface area contributed by atoms with Crippen LogP contribution < -0.4 is 0 Å². The summed E-state index contributed by atoms with van der Waals surface area (Å²) >= 11 is 5.82. The molecule has 1 aliphatic heterocycles. The normalized spacial score (nSPS) is 19.9. The molecular formula is C14H16ClFN4O. The Kier molecular flexibility index (Phi) is 4.19. The fraction of sp³-hybridized carbons (Fsp3) is 0.429. The lowest BCUT2D eigenvalue weighted by molar-refractivity contribution is -0.0388. The van der Waals surface area contributed by atoms with Gasteiger partial charge in [0.1, 0.15) is 18.2 Å². The van der Waals surface area contributed by atoms with Crippen molar-refractivity contribution in [2.45, 2.75) is 12.6 Å². The summed E-state index contributed by atoms with van der Waals surface area (Å²) in [5, 5.41) is 8.11. The Bertz CT molecular complexity index is 633. The quantitative estimate of drug-likeness (QED) is 0.871. The first-order chi connectivity index (χ1) is 10.1. The van der Waals surface area contributed by atoms with Crippen molar-refractivity contribution in [1.29, 1.82) is 0 Å². The first kappa shape index (κ1) is 14.4. The number of aryl methyl sites for hydroxylation is 1. The number of aromatic nitrogens is 3. The zero-order chi connectivity index (χ0) is 14.8. The Balaban J connectivity index is 1.72. The van der Waals surface area contributed by atoms with Crippen LogP contribution in [0.2, 0.25) is 5.02 Å². The van der Waals surface area contributed by atoms with Gasteiger partial charge in [0, 0.05) is 32.2 Å². The maximum absolute atomic E-state index is 14.0. The lowest BCUT2D eigenvalue weighted by Crippen LogP contribution is -2.38. The van der Waals surface area contributed by atoms with Gasteiger partial charge in [-0.25, -0.2) is 4.39 Å². The van der Waals surface area contributed by atoms with E-state index in [2.05, 4.69) is 15.1 Å². The molecule has 0 bridgehead atoms. The van der Waals surface area contributed by atoms with Crippen LogP contribution in [0.5, 0.6) is 0 Å². The SMILES string of the molecule is Cn1cnnc1C1CN(Cc2cccc(Cl)c2F)CCO1. The van der Waals surface area contributed by atoms with Gasteiger partial charge in [0.2, 0.25) is 0 Å². The zero-order valence-electron chi connectivity index (χ0n) is 11.7. The highest BCUT2D eigenvalue weighted by atomic mass is 35.5. The predicted octanol–water partition coefficient (Wildman–Crippen LogP) is 2.18. The second-order valence-electron chi connectivity index (χ2n) is 5.11. The molecule has 0 aliphatic carbocycles. The molecule has 2 aromatic rings. The van der Waals surface area contributed by atoms with Gasteiger partial charge in [-0.2, -0.15) is 0 Å². The van der Waals surface area contributed by atoms with Crippen LogP contribution >= 0.6 is 11.6 Å². The number of rotatable bonds is 3. The van der Waals surface area contributed by atoms with Gasteiger partial charge in [-0.15, -0.1) is 10.2 Å². The zero-order valence-corrected chi connectivity index (χ0v) is 12.4. The molecule has 1 atom stereocenters. The predicted molar refractivity (Wildman–Crippen MR) is 76.4 cm³/mol. The van der Waals surface area contributed by atoms with Crippen LogP contribution in [0.25, 0.3) is 0 Å². The number of hydrogen-bond donors (Lipinski definition) is 0. The second-order valence-corrected chi connectivity index (χ2v) is 5.51. The van der Waals surface area contributed by atoms with Crippen molar-refractivity contribution in [2.24, 2.45) is 7.05 Å². The highest BCUT2D eigenvalue weighted by molar-refractivity contribution is 6.30. The molecule has 0 saturated carbocycles. The summed E-state index contributed by atoms with van der Waals surface area (Å²) in [6.07, 6.45) is 1.50. The number of hydrogen-bond acceptors (Lipinski definition) is 4. The van der Waals surface area contributed by atoms with Crippen molar-refractivity contribution >= 4 is 11.6 Å². The molecule has 1 fully saturated rings. The molecule has 1 aromatic heterocycles. The van der Waals surface area contributed by atoms with Crippen molar-refractivity contribution in [3.05, 3.63) is 46.8 Å². The Morgan fingerprint density at radius 1 is 1.48 bits per heavy atom. The fourth-order valence-electron chi connectivity index (χ4n) is 2.50. The van der Waals surface area contributed by atoms with Crippen LogP contribution in [0, 0.1) is 5.82 Å². The van der Waals surface area contributed by atoms with Gasteiger partial charge in [0.15, 0.2) is 5.82 Å². The summed E-state index contributed by atoms with van der Waals surface area (Å²) < 4.78 is 21.6. The van der Waals surface area contributed by atoms with Gasteiger partial charge in [-0.1, -0.05) is 23.7 Å². The van der Waals surface area contributed by atoms with E-state index in [0.717, 1.165) is 12.4 Å². The third-order valence-electron chi connectivity index (χ3n) is 3.61. The molecule has 1 aromatic carbocycles. The topological polar surface area (TPSA) is 43.2 Å². The maximum atomic E-state index is 14.0. The standard InChI is InChI=1S/C14H16ClFN4O/c1-19-9-17-18-14(19)12-8-20(5-6-21-12)7-10-3-2-4-11(15)13(10)16/h2-4,9,12H,5-8H2,1H3. The summed E-state index contributed by atoms with van der Waals surface area (Å²) in [4.78, 5) is 2.14. The maximum Gasteiger partial charge on any atom is 0.163 e. The van der Waals surface area contributed by atoms with E-state index in [9.17, 15) is 4.39 Å². The van der Waals surface area contributed by atoms with Gasteiger partial charge < -0.3 is 9.30 Å². The van der Waals surface area contributed by atoms with Crippen LogP contribution in [-0.2, 0) is 18.3 Å². The number of halogens is 2. The average Bonchev–Trinajstić information content (AvgIpc) is 2.90. The smallest absolute Gasteiger partial charge is 0.163 e. The third-order valence-corrected chi connectivity index (χ3v) is 3.90. The van der Waals surface area contributed by atoms with Gasteiger partial charge in [-0.05, 0) is 6.07 Å². The highest BCUT2D eigenvalue weighted by Crippen LogP contribution is 2.23. The minimum atomic E-state index is -0.346. The van der Waals surface area contributed by atoms with E-state index in [4.69, 9.17) is 16.3 Å². The molecule has 21 heavy (non-hydrogen) atoms. The largest absolute Gasteiger partial charge is 0.368 e. The molecule has 0 radical (unpaired) electrons. The Labute approximate surface area is 127 Å². The van der Waals surface area contributed by atoms with Crippen LogP contribution in [0.15, 0.2) is 24.5 Å². The molecule has 0 spiro atoms. The molecule has 1 aliphatic rings. The molecule has 112 valence electrons. The van der Waals surface area contributed by atoms with Crippen molar-refractivity contribution < 1.29 is 9.13 Å². The molecule has 1 saturated heterocycles. The van der Waals surface area contributed by atoms with E-state index in [-0.39, 0.29) is 16.9 Å². The molecular weight excluding hydrogens is 295 g/mol. The minimum Gasteiger partial charge on any atom is -0.368 e. The van der Waals surface area contributed by atoms with E-state index in [1.807, 2.05) is 11.6 Å². The Hall–Kier alpha value is -1.50. The molecule has 1 unspecified atom stereocenters. The summed E-state index contributed by atoms with van der Waals surface area (Å²) in [6, 6.07) is 5.08.